The highest BCUT2D eigenvalue weighted by molar-refractivity contribution is 7.10. The summed E-state index contributed by atoms with van der Waals surface area (Å²) in [5, 5.41) is 5.57. The molecule has 2 heterocycles. The van der Waals surface area contributed by atoms with Crippen molar-refractivity contribution >= 4 is 11.3 Å². The number of hydrogen-bond donors (Lipinski definition) is 2. The average Bonchev–Trinajstić information content (AvgIpc) is 3.10. The van der Waals surface area contributed by atoms with Gasteiger partial charge in [0.2, 0.25) is 0 Å². The first-order valence-corrected chi connectivity index (χ1v) is 7.82. The predicted molar refractivity (Wildman–Crippen MR) is 81.0 cm³/mol. The standard InChI is InChI=1S/C15H19N3OS/c1-15(2,12-4-3-7-20-12)16-9-11-8-13(19)18-14(17-11)10-5-6-10/h3-4,7-8,10,16H,5-6,9H2,1-2H3,(H,17,18,19). The fourth-order valence-corrected chi connectivity index (χ4v) is 3.03. The monoisotopic (exact) mass is 289 g/mol. The first kappa shape index (κ1) is 13.5. The Morgan fingerprint density at radius 1 is 1.50 bits per heavy atom. The molecule has 20 heavy (non-hydrogen) atoms. The van der Waals surface area contributed by atoms with Crippen LogP contribution in [0.2, 0.25) is 0 Å². The molecule has 1 fully saturated rings. The van der Waals surface area contributed by atoms with Gasteiger partial charge in [0.25, 0.3) is 5.56 Å². The van der Waals surface area contributed by atoms with Gasteiger partial charge in [0.05, 0.1) is 5.69 Å². The summed E-state index contributed by atoms with van der Waals surface area (Å²) in [6.07, 6.45) is 2.28. The third-order valence-corrected chi connectivity index (χ3v) is 4.82. The summed E-state index contributed by atoms with van der Waals surface area (Å²) in [4.78, 5) is 20.4. The van der Waals surface area contributed by atoms with Gasteiger partial charge in [-0.05, 0) is 38.1 Å². The second-order valence-corrected chi connectivity index (χ2v) is 6.80. The Balaban J connectivity index is 1.73. The van der Waals surface area contributed by atoms with Crippen LogP contribution in [0.15, 0.2) is 28.4 Å². The zero-order chi connectivity index (χ0) is 14.2. The second kappa shape index (κ2) is 5.14. The lowest BCUT2D eigenvalue weighted by Crippen LogP contribution is -2.35. The summed E-state index contributed by atoms with van der Waals surface area (Å²) in [5.74, 6) is 1.32. The molecular weight excluding hydrogens is 270 g/mol. The summed E-state index contributed by atoms with van der Waals surface area (Å²) in [6, 6.07) is 5.77. The molecule has 5 heteroatoms. The van der Waals surface area contributed by atoms with Gasteiger partial charge < -0.3 is 10.3 Å². The van der Waals surface area contributed by atoms with E-state index in [1.807, 2.05) is 0 Å². The molecule has 0 saturated heterocycles. The van der Waals surface area contributed by atoms with E-state index < -0.39 is 0 Å². The third-order valence-electron chi connectivity index (χ3n) is 3.63. The zero-order valence-electron chi connectivity index (χ0n) is 11.8. The largest absolute Gasteiger partial charge is 0.310 e. The van der Waals surface area contributed by atoms with Gasteiger partial charge in [0, 0.05) is 28.9 Å². The molecular formula is C15H19N3OS. The van der Waals surface area contributed by atoms with Crippen LogP contribution < -0.4 is 10.9 Å². The van der Waals surface area contributed by atoms with Crippen LogP contribution in [0.1, 0.15) is 49.0 Å². The maximum absolute atomic E-state index is 11.7. The van der Waals surface area contributed by atoms with Gasteiger partial charge >= 0.3 is 0 Å². The topological polar surface area (TPSA) is 57.8 Å². The van der Waals surface area contributed by atoms with Gasteiger partial charge in [-0.1, -0.05) is 6.07 Å². The number of hydrogen-bond acceptors (Lipinski definition) is 4. The van der Waals surface area contributed by atoms with E-state index in [2.05, 4.69) is 46.6 Å². The number of aromatic amines is 1. The quantitative estimate of drug-likeness (QED) is 0.890. The molecule has 0 unspecified atom stereocenters. The SMILES string of the molecule is CC(C)(NCc1cc(=O)[nH]c(C2CC2)n1)c1cccs1. The third kappa shape index (κ3) is 2.99. The maximum Gasteiger partial charge on any atom is 0.251 e. The minimum atomic E-state index is -0.113. The van der Waals surface area contributed by atoms with Crippen LogP contribution in [0.5, 0.6) is 0 Å². The van der Waals surface area contributed by atoms with Crippen LogP contribution in [-0.4, -0.2) is 9.97 Å². The van der Waals surface area contributed by atoms with Crippen LogP contribution in [0.4, 0.5) is 0 Å². The van der Waals surface area contributed by atoms with Gasteiger partial charge in [-0.2, -0.15) is 0 Å². The molecule has 0 aromatic carbocycles. The number of H-pyrrole nitrogens is 1. The van der Waals surface area contributed by atoms with Gasteiger partial charge in [0.1, 0.15) is 5.82 Å². The summed E-state index contributed by atoms with van der Waals surface area (Å²) in [6.45, 7) is 4.90. The van der Waals surface area contributed by atoms with Crippen molar-refractivity contribution < 1.29 is 0 Å². The minimum Gasteiger partial charge on any atom is -0.310 e. The lowest BCUT2D eigenvalue weighted by molar-refractivity contribution is 0.405. The first-order valence-electron chi connectivity index (χ1n) is 6.94. The van der Waals surface area contributed by atoms with Crippen molar-refractivity contribution in [3.05, 3.63) is 50.3 Å². The Morgan fingerprint density at radius 3 is 2.95 bits per heavy atom. The molecule has 0 atom stereocenters. The lowest BCUT2D eigenvalue weighted by atomic mass is 10.0. The number of rotatable bonds is 5. The van der Waals surface area contributed by atoms with Crippen molar-refractivity contribution in [1.82, 2.24) is 15.3 Å². The van der Waals surface area contributed by atoms with E-state index in [1.54, 1.807) is 17.4 Å². The van der Waals surface area contributed by atoms with Crippen molar-refractivity contribution in [3.63, 3.8) is 0 Å². The Bertz CT molecular complexity index is 641. The van der Waals surface area contributed by atoms with Crippen LogP contribution in [-0.2, 0) is 12.1 Å². The lowest BCUT2D eigenvalue weighted by Gasteiger charge is -2.25. The average molecular weight is 289 g/mol. The van der Waals surface area contributed by atoms with Gasteiger partial charge in [-0.25, -0.2) is 4.98 Å². The Kier molecular flexibility index (Phi) is 3.48. The summed E-state index contributed by atoms with van der Waals surface area (Å²) >= 11 is 1.74. The molecule has 0 amide bonds. The number of nitrogens with zero attached hydrogens (tertiary/aromatic N) is 1. The van der Waals surface area contributed by atoms with E-state index >= 15 is 0 Å². The zero-order valence-corrected chi connectivity index (χ0v) is 12.6. The molecule has 2 N–H and O–H groups in total. The molecule has 0 bridgehead atoms. The summed E-state index contributed by atoms with van der Waals surface area (Å²) in [5.41, 5.74) is 0.658. The van der Waals surface area contributed by atoms with Crippen LogP contribution in [0.3, 0.4) is 0 Å². The highest BCUT2D eigenvalue weighted by Crippen LogP contribution is 2.37. The molecule has 2 aromatic rings. The molecule has 3 rings (SSSR count). The molecule has 1 aliphatic carbocycles. The molecule has 0 aliphatic heterocycles. The fraction of sp³-hybridized carbons (Fsp3) is 0.467. The molecule has 106 valence electrons. The van der Waals surface area contributed by atoms with E-state index in [-0.39, 0.29) is 11.1 Å². The van der Waals surface area contributed by atoms with Crippen LogP contribution in [0, 0.1) is 0 Å². The molecule has 1 aliphatic rings. The van der Waals surface area contributed by atoms with Crippen molar-refractivity contribution in [2.45, 2.75) is 44.7 Å². The van der Waals surface area contributed by atoms with Crippen molar-refractivity contribution in [2.75, 3.05) is 0 Å². The summed E-state index contributed by atoms with van der Waals surface area (Å²) < 4.78 is 0. The van der Waals surface area contributed by atoms with E-state index in [9.17, 15) is 4.79 Å². The van der Waals surface area contributed by atoms with Crippen LogP contribution in [0.25, 0.3) is 0 Å². The van der Waals surface area contributed by atoms with E-state index in [1.165, 1.54) is 4.88 Å². The molecule has 2 aromatic heterocycles. The highest BCUT2D eigenvalue weighted by atomic mass is 32.1. The van der Waals surface area contributed by atoms with Gasteiger partial charge in [-0.3, -0.25) is 4.79 Å². The number of nitrogens with one attached hydrogen (secondary N) is 2. The summed E-state index contributed by atoms with van der Waals surface area (Å²) in [7, 11) is 0. The molecule has 0 spiro atoms. The fourth-order valence-electron chi connectivity index (χ4n) is 2.20. The van der Waals surface area contributed by atoms with Crippen molar-refractivity contribution in [3.8, 4) is 0 Å². The van der Waals surface area contributed by atoms with Gasteiger partial charge in [-0.15, -0.1) is 11.3 Å². The van der Waals surface area contributed by atoms with E-state index in [0.29, 0.717) is 12.5 Å². The molecule has 4 nitrogen and oxygen atoms in total. The Morgan fingerprint density at radius 2 is 2.30 bits per heavy atom. The smallest absolute Gasteiger partial charge is 0.251 e. The Hall–Kier alpha value is -1.46. The van der Waals surface area contributed by atoms with Crippen LogP contribution >= 0.6 is 11.3 Å². The van der Waals surface area contributed by atoms with Gasteiger partial charge in [0.15, 0.2) is 0 Å². The number of thiophene rings is 1. The van der Waals surface area contributed by atoms with E-state index in [4.69, 9.17) is 0 Å². The Labute approximate surface area is 122 Å². The molecule has 1 saturated carbocycles. The predicted octanol–water partition coefficient (Wildman–Crippen LogP) is 2.73. The van der Waals surface area contributed by atoms with E-state index in [0.717, 1.165) is 24.4 Å². The highest BCUT2D eigenvalue weighted by Gasteiger charge is 2.27. The maximum atomic E-state index is 11.7. The molecule has 0 radical (unpaired) electrons. The minimum absolute atomic E-state index is 0.0485. The normalized spacial score (nSPS) is 15.5. The van der Waals surface area contributed by atoms with Crippen molar-refractivity contribution in [2.24, 2.45) is 0 Å². The first-order chi connectivity index (χ1) is 9.54. The van der Waals surface area contributed by atoms with Crippen molar-refractivity contribution in [1.29, 1.82) is 0 Å². The number of aromatic nitrogens is 2. The second-order valence-electron chi connectivity index (χ2n) is 5.85.